The maximum Gasteiger partial charge on any atom is 0.169 e. The molecule has 0 radical (unpaired) electrons. The van der Waals surface area contributed by atoms with Crippen LogP contribution in [-0.2, 0) is 0 Å². The first kappa shape index (κ1) is 13.9. The number of allylic oxidation sites excluding steroid dienone is 1. The van der Waals surface area contributed by atoms with Crippen LogP contribution in [0.15, 0.2) is 24.8 Å². The number of halogens is 2. The van der Waals surface area contributed by atoms with Crippen LogP contribution in [0.3, 0.4) is 0 Å². The Morgan fingerprint density at radius 1 is 1.21 bits per heavy atom. The molecule has 0 unspecified atom stereocenters. The lowest BCUT2D eigenvalue weighted by Gasteiger charge is -2.25. The third-order valence-electron chi connectivity index (χ3n) is 4.02. The van der Waals surface area contributed by atoms with Crippen LogP contribution in [0.4, 0.5) is 8.78 Å². The van der Waals surface area contributed by atoms with E-state index in [9.17, 15) is 13.6 Å². The first-order chi connectivity index (χ1) is 9.04. The summed E-state index contributed by atoms with van der Waals surface area (Å²) in [5.74, 6) is -1.92. The van der Waals surface area contributed by atoms with Crippen molar-refractivity contribution in [1.29, 1.82) is 0 Å². The molecule has 1 aromatic rings. The van der Waals surface area contributed by atoms with Gasteiger partial charge in [-0.2, -0.15) is 0 Å². The molecular formula is C16H18F2O. The van der Waals surface area contributed by atoms with Gasteiger partial charge in [0.25, 0.3) is 0 Å². The second-order valence-corrected chi connectivity index (χ2v) is 5.27. The van der Waals surface area contributed by atoms with Crippen molar-refractivity contribution in [3.63, 3.8) is 0 Å². The minimum absolute atomic E-state index is 0.106. The van der Waals surface area contributed by atoms with Crippen molar-refractivity contribution < 1.29 is 13.6 Å². The third-order valence-corrected chi connectivity index (χ3v) is 4.02. The number of carbonyl (C=O) groups excluding carboxylic acids is 1. The van der Waals surface area contributed by atoms with Crippen LogP contribution in [-0.4, -0.2) is 5.78 Å². The highest BCUT2D eigenvalue weighted by atomic mass is 19.2. The van der Waals surface area contributed by atoms with Gasteiger partial charge in [-0.25, -0.2) is 8.78 Å². The summed E-state index contributed by atoms with van der Waals surface area (Å²) in [5.41, 5.74) is 0.120. The van der Waals surface area contributed by atoms with E-state index < -0.39 is 11.6 Å². The summed E-state index contributed by atoms with van der Waals surface area (Å²) in [6.45, 7) is 5.24. The normalized spacial score (nSPS) is 23.1. The lowest BCUT2D eigenvalue weighted by atomic mass is 9.78. The van der Waals surface area contributed by atoms with Crippen LogP contribution in [0.25, 0.3) is 0 Å². The van der Waals surface area contributed by atoms with Gasteiger partial charge in [0.15, 0.2) is 17.4 Å². The Balaban J connectivity index is 2.17. The summed E-state index contributed by atoms with van der Waals surface area (Å²) in [4.78, 5) is 12.2. The fraction of sp³-hybridized carbons (Fsp3) is 0.438. The van der Waals surface area contributed by atoms with Crippen LogP contribution in [0.5, 0.6) is 0 Å². The molecular weight excluding hydrogens is 246 g/mol. The average Bonchev–Trinajstić information content (AvgIpc) is 2.44. The van der Waals surface area contributed by atoms with Crippen LogP contribution in [0.2, 0.25) is 0 Å². The first-order valence-corrected chi connectivity index (χ1v) is 6.66. The molecule has 1 aliphatic carbocycles. The van der Waals surface area contributed by atoms with Crippen molar-refractivity contribution in [3.05, 3.63) is 47.5 Å². The van der Waals surface area contributed by atoms with Gasteiger partial charge in [-0.3, -0.25) is 4.79 Å². The summed E-state index contributed by atoms with van der Waals surface area (Å²) < 4.78 is 27.3. The maximum atomic E-state index is 13.8. The molecule has 0 spiro atoms. The Hall–Kier alpha value is -1.51. The molecule has 19 heavy (non-hydrogen) atoms. The summed E-state index contributed by atoms with van der Waals surface area (Å²) in [6, 6.07) is 2.86. The van der Waals surface area contributed by atoms with E-state index in [-0.39, 0.29) is 22.8 Å². The molecule has 2 rings (SSSR count). The molecule has 1 fully saturated rings. The molecule has 1 saturated carbocycles. The number of hydrogen-bond donors (Lipinski definition) is 0. The van der Waals surface area contributed by atoms with Gasteiger partial charge in [0.05, 0.1) is 5.56 Å². The van der Waals surface area contributed by atoms with E-state index in [1.54, 1.807) is 0 Å². The number of carbonyl (C=O) groups is 1. The Morgan fingerprint density at radius 2 is 1.84 bits per heavy atom. The van der Waals surface area contributed by atoms with Crippen LogP contribution in [0, 0.1) is 30.4 Å². The SMILES string of the molecule is C=CC1CCC(C(=O)c2ccc(C)c(F)c2F)CC1. The van der Waals surface area contributed by atoms with E-state index in [2.05, 4.69) is 6.58 Å². The predicted octanol–water partition coefficient (Wildman–Crippen LogP) is 4.45. The van der Waals surface area contributed by atoms with E-state index in [0.717, 1.165) is 25.7 Å². The van der Waals surface area contributed by atoms with Crippen molar-refractivity contribution in [3.8, 4) is 0 Å². The highest BCUT2D eigenvalue weighted by Gasteiger charge is 2.28. The van der Waals surface area contributed by atoms with Gasteiger partial charge < -0.3 is 0 Å². The Labute approximate surface area is 112 Å². The zero-order valence-electron chi connectivity index (χ0n) is 11.1. The lowest BCUT2D eigenvalue weighted by Crippen LogP contribution is -2.22. The van der Waals surface area contributed by atoms with Gasteiger partial charge in [-0.05, 0) is 50.2 Å². The summed E-state index contributed by atoms with van der Waals surface area (Å²) in [6.07, 6.45) is 5.16. The molecule has 0 heterocycles. The van der Waals surface area contributed by atoms with Crippen LogP contribution < -0.4 is 0 Å². The zero-order chi connectivity index (χ0) is 14.0. The number of aryl methyl sites for hydroxylation is 1. The van der Waals surface area contributed by atoms with E-state index in [4.69, 9.17) is 0 Å². The van der Waals surface area contributed by atoms with Gasteiger partial charge in [0.2, 0.25) is 0 Å². The fourth-order valence-electron chi connectivity index (χ4n) is 2.67. The average molecular weight is 264 g/mol. The van der Waals surface area contributed by atoms with Crippen molar-refractivity contribution in [1.82, 2.24) is 0 Å². The minimum atomic E-state index is -1.00. The Morgan fingerprint density at radius 3 is 2.42 bits per heavy atom. The van der Waals surface area contributed by atoms with E-state index in [1.165, 1.54) is 19.1 Å². The van der Waals surface area contributed by atoms with Crippen molar-refractivity contribution in [2.45, 2.75) is 32.6 Å². The smallest absolute Gasteiger partial charge is 0.169 e. The molecule has 0 N–H and O–H groups in total. The molecule has 0 bridgehead atoms. The van der Waals surface area contributed by atoms with E-state index >= 15 is 0 Å². The van der Waals surface area contributed by atoms with Gasteiger partial charge in [0, 0.05) is 5.92 Å². The monoisotopic (exact) mass is 264 g/mol. The van der Waals surface area contributed by atoms with Gasteiger partial charge in [-0.15, -0.1) is 6.58 Å². The summed E-state index contributed by atoms with van der Waals surface area (Å²) in [5, 5.41) is 0. The molecule has 1 nitrogen and oxygen atoms in total. The topological polar surface area (TPSA) is 17.1 Å². The Bertz CT molecular complexity index is 500. The second-order valence-electron chi connectivity index (χ2n) is 5.27. The molecule has 102 valence electrons. The van der Waals surface area contributed by atoms with Crippen LogP contribution in [0.1, 0.15) is 41.6 Å². The van der Waals surface area contributed by atoms with E-state index in [1.807, 2.05) is 6.08 Å². The second kappa shape index (κ2) is 5.64. The number of rotatable bonds is 3. The highest BCUT2D eigenvalue weighted by Crippen LogP contribution is 2.32. The molecule has 3 heteroatoms. The van der Waals surface area contributed by atoms with Gasteiger partial charge in [0.1, 0.15) is 0 Å². The van der Waals surface area contributed by atoms with Crippen LogP contribution >= 0.6 is 0 Å². The number of hydrogen-bond acceptors (Lipinski definition) is 1. The third kappa shape index (κ3) is 2.75. The first-order valence-electron chi connectivity index (χ1n) is 6.66. The van der Waals surface area contributed by atoms with Crippen molar-refractivity contribution in [2.24, 2.45) is 11.8 Å². The number of Topliss-reactive ketones (excluding diaryl/α,β-unsaturated/α-hetero) is 1. The number of benzene rings is 1. The molecule has 1 aliphatic rings. The largest absolute Gasteiger partial charge is 0.294 e. The zero-order valence-corrected chi connectivity index (χ0v) is 11.1. The highest BCUT2D eigenvalue weighted by molar-refractivity contribution is 5.98. The van der Waals surface area contributed by atoms with Gasteiger partial charge >= 0.3 is 0 Å². The Kier molecular flexibility index (Phi) is 4.13. The van der Waals surface area contributed by atoms with E-state index in [0.29, 0.717) is 5.92 Å². The maximum absolute atomic E-state index is 13.8. The van der Waals surface area contributed by atoms with Crippen molar-refractivity contribution in [2.75, 3.05) is 0 Å². The molecule has 0 atom stereocenters. The summed E-state index contributed by atoms with van der Waals surface area (Å²) >= 11 is 0. The predicted molar refractivity (Wildman–Crippen MR) is 71.1 cm³/mol. The molecule has 0 saturated heterocycles. The molecule has 0 aromatic heterocycles. The van der Waals surface area contributed by atoms with Gasteiger partial charge in [-0.1, -0.05) is 12.1 Å². The van der Waals surface area contributed by atoms with Crippen molar-refractivity contribution >= 4 is 5.78 Å². The summed E-state index contributed by atoms with van der Waals surface area (Å²) in [7, 11) is 0. The molecule has 0 aliphatic heterocycles. The standard InChI is InChI=1S/C16H18F2O/c1-3-11-5-7-12(8-6-11)16(19)13-9-4-10(2)14(17)15(13)18/h3-4,9,11-12H,1,5-8H2,2H3. The molecule has 1 aromatic carbocycles. The minimum Gasteiger partial charge on any atom is -0.294 e. The fourth-order valence-corrected chi connectivity index (χ4v) is 2.67. The molecule has 0 amide bonds. The quantitative estimate of drug-likeness (QED) is 0.582. The lowest BCUT2D eigenvalue weighted by molar-refractivity contribution is 0.0874. The number of ketones is 1.